The summed E-state index contributed by atoms with van der Waals surface area (Å²) in [6.45, 7) is 2.46. The molecule has 0 aromatic heterocycles. The summed E-state index contributed by atoms with van der Waals surface area (Å²) in [6, 6.07) is 20.2. The molecule has 0 saturated carbocycles. The van der Waals surface area contributed by atoms with Gasteiger partial charge in [0.25, 0.3) is 5.91 Å². The first-order chi connectivity index (χ1) is 17.5. The number of benzene rings is 3. The number of aliphatic imine (C=N–C) groups is 1. The third-order valence-electron chi connectivity index (χ3n) is 5.01. The fraction of sp³-hybridized carbons (Fsp3) is 0.120. The minimum Gasteiger partial charge on any atom is -0.489 e. The van der Waals surface area contributed by atoms with E-state index >= 15 is 0 Å². The Labute approximate surface area is 215 Å². The van der Waals surface area contributed by atoms with Gasteiger partial charge in [-0.2, -0.15) is 21.6 Å². The lowest BCUT2D eigenvalue weighted by Crippen LogP contribution is -2.29. The van der Waals surface area contributed by atoms with Crippen LogP contribution in [0.5, 0.6) is 5.75 Å². The lowest BCUT2D eigenvalue weighted by atomic mass is 10.1. The van der Waals surface area contributed by atoms with Crippen LogP contribution in [0.15, 0.2) is 82.7 Å². The van der Waals surface area contributed by atoms with Crippen LogP contribution in [0.3, 0.4) is 0 Å². The number of ether oxygens (including phenoxy) is 1. The molecule has 0 unspecified atom stereocenters. The second-order valence-corrected chi connectivity index (χ2v) is 10.6. The number of carbonyl (C=O) groups is 1. The van der Waals surface area contributed by atoms with Crippen molar-refractivity contribution in [2.45, 2.75) is 19.0 Å². The van der Waals surface area contributed by atoms with Crippen LogP contribution in [0.25, 0.3) is 6.08 Å². The second kappa shape index (κ2) is 10.7. The molecule has 1 aliphatic rings. The molecule has 0 aliphatic carbocycles. The van der Waals surface area contributed by atoms with Gasteiger partial charge in [0, 0.05) is 5.69 Å². The number of sulfonamides is 1. The summed E-state index contributed by atoms with van der Waals surface area (Å²) < 4.78 is 67.1. The van der Waals surface area contributed by atoms with Gasteiger partial charge < -0.3 is 10.1 Å². The average Bonchev–Trinajstić information content (AvgIpc) is 3.18. The number of halogens is 3. The van der Waals surface area contributed by atoms with Crippen LogP contribution in [0.4, 0.5) is 24.5 Å². The third-order valence-corrected chi connectivity index (χ3v) is 7.03. The van der Waals surface area contributed by atoms with Crippen molar-refractivity contribution in [2.24, 2.45) is 4.99 Å². The number of amidine groups is 1. The van der Waals surface area contributed by atoms with Crippen molar-refractivity contribution in [1.29, 1.82) is 0 Å². The van der Waals surface area contributed by atoms with Crippen molar-refractivity contribution in [3.05, 3.63) is 94.4 Å². The molecule has 1 saturated heterocycles. The lowest BCUT2D eigenvalue weighted by Gasteiger charge is -2.10. The molecular formula is C25H20F3N3O4S2. The molecule has 192 valence electrons. The number of hydrogen-bond donors (Lipinski definition) is 2. The number of amides is 1. The van der Waals surface area contributed by atoms with E-state index in [0.717, 1.165) is 35.0 Å². The smallest absolute Gasteiger partial charge is 0.489 e. The normalized spacial score (nSPS) is 16.2. The van der Waals surface area contributed by atoms with E-state index in [1.165, 1.54) is 22.4 Å². The van der Waals surface area contributed by atoms with Crippen molar-refractivity contribution < 1.29 is 31.1 Å². The summed E-state index contributed by atoms with van der Waals surface area (Å²) in [6.07, 6.45) is 1.70. The highest BCUT2D eigenvalue weighted by Crippen LogP contribution is 2.30. The second-order valence-electron chi connectivity index (χ2n) is 7.92. The summed E-state index contributed by atoms with van der Waals surface area (Å²) in [5, 5.41) is 2.90. The van der Waals surface area contributed by atoms with E-state index in [0.29, 0.717) is 22.9 Å². The van der Waals surface area contributed by atoms with Crippen LogP contribution < -0.4 is 14.8 Å². The van der Waals surface area contributed by atoms with E-state index in [4.69, 9.17) is 4.74 Å². The number of alkyl halides is 3. The zero-order valence-electron chi connectivity index (χ0n) is 19.2. The molecule has 1 heterocycles. The first kappa shape index (κ1) is 26.3. The zero-order chi connectivity index (χ0) is 26.6. The quantitative estimate of drug-likeness (QED) is 0.369. The van der Waals surface area contributed by atoms with Crippen molar-refractivity contribution in [3.8, 4) is 5.75 Å². The summed E-state index contributed by atoms with van der Waals surface area (Å²) in [5.74, 6) is 0.340. The topological polar surface area (TPSA) is 96.9 Å². The van der Waals surface area contributed by atoms with Gasteiger partial charge in [0.1, 0.15) is 12.4 Å². The highest BCUT2D eigenvalue weighted by Gasteiger charge is 2.46. The minimum atomic E-state index is -5.51. The van der Waals surface area contributed by atoms with Gasteiger partial charge in [0.05, 0.1) is 10.6 Å². The standard InChI is InChI=1S/C25H20F3N3O4S2/c1-16-2-4-18(5-3-16)15-35-21-12-6-17(7-13-21)14-22-23(32)30-24(36-22)29-19-8-10-20(11-9-19)31-37(33,34)25(26,27)28/h2-14,31H,15H2,1H3,(H,29,30,32). The Hall–Kier alpha value is -3.77. The Morgan fingerprint density at radius 1 is 1.00 bits per heavy atom. The van der Waals surface area contributed by atoms with Crippen LogP contribution in [0.2, 0.25) is 0 Å². The number of carbonyl (C=O) groups excluding carboxylic acids is 1. The van der Waals surface area contributed by atoms with Gasteiger partial charge in [0.2, 0.25) is 0 Å². The highest BCUT2D eigenvalue weighted by molar-refractivity contribution is 8.18. The van der Waals surface area contributed by atoms with Crippen LogP contribution in [0, 0.1) is 6.92 Å². The molecule has 4 rings (SSSR count). The number of rotatable bonds is 7. The van der Waals surface area contributed by atoms with Crippen LogP contribution in [0.1, 0.15) is 16.7 Å². The Balaban J connectivity index is 1.37. The van der Waals surface area contributed by atoms with Gasteiger partial charge in [0.15, 0.2) is 5.17 Å². The summed E-state index contributed by atoms with van der Waals surface area (Å²) in [5.41, 5.74) is -2.36. The molecule has 3 aromatic rings. The molecule has 0 atom stereocenters. The van der Waals surface area contributed by atoms with E-state index in [9.17, 15) is 26.4 Å². The molecule has 2 N–H and O–H groups in total. The average molecular weight is 548 g/mol. The van der Waals surface area contributed by atoms with E-state index in [1.54, 1.807) is 6.08 Å². The molecule has 1 aliphatic heterocycles. The maximum atomic E-state index is 12.5. The van der Waals surface area contributed by atoms with Crippen LogP contribution >= 0.6 is 11.8 Å². The van der Waals surface area contributed by atoms with Gasteiger partial charge in [-0.3, -0.25) is 9.52 Å². The molecule has 12 heteroatoms. The summed E-state index contributed by atoms with van der Waals surface area (Å²) in [7, 11) is -5.51. The molecule has 0 bridgehead atoms. The van der Waals surface area contributed by atoms with Gasteiger partial charge in [-0.15, -0.1) is 0 Å². The van der Waals surface area contributed by atoms with Crippen molar-refractivity contribution in [1.82, 2.24) is 5.32 Å². The van der Waals surface area contributed by atoms with Gasteiger partial charge in [-0.1, -0.05) is 42.0 Å². The predicted molar refractivity (Wildman–Crippen MR) is 138 cm³/mol. The minimum absolute atomic E-state index is 0.267. The zero-order valence-corrected chi connectivity index (χ0v) is 20.9. The third kappa shape index (κ3) is 6.92. The SMILES string of the molecule is Cc1ccc(COc2ccc(C=C3SC(=Nc4ccc(NS(=O)(=O)C(F)(F)F)cc4)NC3=O)cc2)cc1. The largest absolute Gasteiger partial charge is 0.516 e. The Morgan fingerprint density at radius 3 is 2.27 bits per heavy atom. The van der Waals surface area contributed by atoms with Gasteiger partial charge >= 0.3 is 15.5 Å². The highest BCUT2D eigenvalue weighted by atomic mass is 32.2. The Bertz CT molecular complexity index is 1450. The first-order valence-electron chi connectivity index (χ1n) is 10.8. The van der Waals surface area contributed by atoms with E-state index < -0.39 is 15.5 Å². The fourth-order valence-electron chi connectivity index (χ4n) is 3.08. The summed E-state index contributed by atoms with van der Waals surface area (Å²) >= 11 is 1.10. The van der Waals surface area contributed by atoms with E-state index in [2.05, 4.69) is 10.3 Å². The monoisotopic (exact) mass is 547 g/mol. The molecule has 3 aromatic carbocycles. The molecule has 1 fully saturated rings. The number of hydrogen-bond acceptors (Lipinski definition) is 6. The van der Waals surface area contributed by atoms with Crippen molar-refractivity contribution in [2.75, 3.05) is 4.72 Å². The molecule has 7 nitrogen and oxygen atoms in total. The van der Waals surface area contributed by atoms with E-state index in [1.807, 2.05) is 55.5 Å². The number of nitrogens with one attached hydrogen (secondary N) is 2. The van der Waals surface area contributed by atoms with E-state index in [-0.39, 0.29) is 16.8 Å². The Kier molecular flexibility index (Phi) is 7.60. The molecule has 1 amide bonds. The molecule has 0 spiro atoms. The summed E-state index contributed by atoms with van der Waals surface area (Å²) in [4.78, 5) is 17.0. The van der Waals surface area contributed by atoms with Gasteiger partial charge in [-0.05, 0) is 72.3 Å². The number of anilines is 1. The van der Waals surface area contributed by atoms with Gasteiger partial charge in [-0.25, -0.2) is 4.99 Å². The maximum absolute atomic E-state index is 12.5. The predicted octanol–water partition coefficient (Wildman–Crippen LogP) is 5.73. The number of aryl methyl sites for hydroxylation is 1. The Morgan fingerprint density at radius 2 is 1.65 bits per heavy atom. The lowest BCUT2D eigenvalue weighted by molar-refractivity contribution is -0.115. The fourth-order valence-corrected chi connectivity index (χ4v) is 4.48. The number of nitrogens with zero attached hydrogens (tertiary/aromatic N) is 1. The van der Waals surface area contributed by atoms with Crippen molar-refractivity contribution in [3.63, 3.8) is 0 Å². The van der Waals surface area contributed by atoms with Crippen molar-refractivity contribution >= 4 is 50.3 Å². The molecule has 0 radical (unpaired) electrons. The first-order valence-corrected chi connectivity index (χ1v) is 13.1. The number of thioether (sulfide) groups is 1. The van der Waals surface area contributed by atoms with Crippen LogP contribution in [-0.2, 0) is 21.4 Å². The molecular weight excluding hydrogens is 527 g/mol. The molecule has 37 heavy (non-hydrogen) atoms. The van der Waals surface area contributed by atoms with Crippen LogP contribution in [-0.4, -0.2) is 25.0 Å². The maximum Gasteiger partial charge on any atom is 0.516 e.